The van der Waals surface area contributed by atoms with Gasteiger partial charge in [0.25, 0.3) is 0 Å². The molecule has 0 bridgehead atoms. The van der Waals surface area contributed by atoms with Crippen LogP contribution in [0, 0.1) is 11.3 Å². The van der Waals surface area contributed by atoms with Crippen LogP contribution in [0.25, 0.3) is 5.70 Å². The molecule has 0 fully saturated rings. The van der Waals surface area contributed by atoms with Crippen molar-refractivity contribution in [3.8, 4) is 6.07 Å². The van der Waals surface area contributed by atoms with E-state index < -0.39 is 0 Å². The third-order valence-electron chi connectivity index (χ3n) is 0.966. The second kappa shape index (κ2) is 3.46. The summed E-state index contributed by atoms with van der Waals surface area (Å²) in [5.41, 5.74) is 0.258. The molecule has 0 aliphatic carbocycles. The number of hydrogen-bond donors (Lipinski definition) is 2. The van der Waals surface area contributed by atoms with Crippen molar-refractivity contribution < 1.29 is 0 Å². The molecule has 4 nitrogen and oxygen atoms in total. The van der Waals surface area contributed by atoms with Crippen LogP contribution < -0.4 is 0 Å². The first-order chi connectivity index (χ1) is 5.25. The average Bonchev–Trinajstić information content (AvgIpc) is 2.40. The van der Waals surface area contributed by atoms with E-state index in [1.54, 1.807) is 0 Å². The lowest BCUT2D eigenvalue weighted by Gasteiger charge is -1.95. The van der Waals surface area contributed by atoms with Crippen molar-refractivity contribution in [3.05, 3.63) is 16.9 Å². The molecule has 1 aromatic rings. The molecule has 11 heavy (non-hydrogen) atoms. The summed E-state index contributed by atoms with van der Waals surface area (Å²) < 4.78 is 1.62. The van der Waals surface area contributed by atoms with Crippen molar-refractivity contribution in [1.29, 1.82) is 5.26 Å². The molecule has 0 saturated heterocycles. The Balaban J connectivity index is 3.12. The van der Waals surface area contributed by atoms with Gasteiger partial charge in [-0.15, -0.1) is 25.3 Å². The number of allylic oxidation sites excluding steroid dienone is 1. The fraction of sp³-hybridized carbons (Fsp3) is 0. The van der Waals surface area contributed by atoms with Crippen LogP contribution in [0.15, 0.2) is 16.9 Å². The summed E-state index contributed by atoms with van der Waals surface area (Å²) in [5, 5.41) is 12.3. The number of rotatable bonds is 1. The van der Waals surface area contributed by atoms with E-state index in [4.69, 9.17) is 5.26 Å². The summed E-state index contributed by atoms with van der Waals surface area (Å²) in [5.74, 6) is 0. The largest absolute Gasteiger partial charge is 0.223 e. The Labute approximate surface area is 74.4 Å². The van der Waals surface area contributed by atoms with E-state index >= 15 is 0 Å². The van der Waals surface area contributed by atoms with Crippen LogP contribution in [0.4, 0.5) is 0 Å². The second-order valence-electron chi connectivity index (χ2n) is 1.62. The zero-order valence-electron chi connectivity index (χ0n) is 5.34. The quantitative estimate of drug-likeness (QED) is 0.501. The molecule has 0 unspecified atom stereocenters. The Morgan fingerprint density at radius 2 is 2.27 bits per heavy atom. The van der Waals surface area contributed by atoms with Crippen LogP contribution in [-0.2, 0) is 0 Å². The SMILES string of the molecule is N#CC(=C(S)S)n1cncn1. The predicted octanol–water partition coefficient (Wildman–Crippen LogP) is 0.787. The van der Waals surface area contributed by atoms with Gasteiger partial charge in [0.05, 0.1) is 4.24 Å². The summed E-state index contributed by atoms with van der Waals surface area (Å²) in [6, 6.07) is 1.89. The van der Waals surface area contributed by atoms with Crippen LogP contribution in [0.2, 0.25) is 0 Å². The third kappa shape index (κ3) is 1.76. The Hall–Kier alpha value is -0.930. The van der Waals surface area contributed by atoms with Gasteiger partial charge in [-0.05, 0) is 0 Å². The molecular weight excluding hydrogens is 180 g/mol. The first kappa shape index (κ1) is 8.17. The predicted molar refractivity (Wildman–Crippen MR) is 46.8 cm³/mol. The summed E-state index contributed by atoms with van der Waals surface area (Å²) in [4.78, 5) is 3.67. The monoisotopic (exact) mass is 184 g/mol. The lowest BCUT2D eigenvalue weighted by molar-refractivity contribution is 0.912. The minimum absolute atomic E-state index is 0.258. The molecule has 56 valence electrons. The highest BCUT2D eigenvalue weighted by Gasteiger charge is 2.01. The third-order valence-corrected chi connectivity index (χ3v) is 1.39. The van der Waals surface area contributed by atoms with Gasteiger partial charge in [-0.2, -0.15) is 10.4 Å². The summed E-state index contributed by atoms with van der Waals surface area (Å²) in [6.45, 7) is 0. The van der Waals surface area contributed by atoms with Gasteiger partial charge in [0.15, 0.2) is 5.70 Å². The zero-order chi connectivity index (χ0) is 8.27. The topological polar surface area (TPSA) is 54.5 Å². The van der Waals surface area contributed by atoms with E-state index in [2.05, 4.69) is 35.3 Å². The lowest BCUT2D eigenvalue weighted by atomic mass is 10.5. The molecule has 0 amide bonds. The van der Waals surface area contributed by atoms with Gasteiger partial charge in [0, 0.05) is 0 Å². The fourth-order valence-corrected chi connectivity index (χ4v) is 0.832. The summed E-state index contributed by atoms with van der Waals surface area (Å²) >= 11 is 7.78. The van der Waals surface area contributed by atoms with Crippen LogP contribution >= 0.6 is 25.3 Å². The van der Waals surface area contributed by atoms with Gasteiger partial charge in [-0.25, -0.2) is 9.67 Å². The van der Waals surface area contributed by atoms with Gasteiger partial charge in [-0.3, -0.25) is 0 Å². The van der Waals surface area contributed by atoms with Gasteiger partial charge in [0.2, 0.25) is 0 Å². The summed E-state index contributed by atoms with van der Waals surface area (Å²) in [7, 11) is 0. The lowest BCUT2D eigenvalue weighted by Crippen LogP contribution is -1.95. The van der Waals surface area contributed by atoms with Gasteiger partial charge >= 0.3 is 0 Å². The van der Waals surface area contributed by atoms with Crippen LogP contribution in [-0.4, -0.2) is 14.8 Å². The molecule has 0 aliphatic heterocycles. The van der Waals surface area contributed by atoms with E-state index in [1.165, 1.54) is 17.3 Å². The molecule has 1 aromatic heterocycles. The Morgan fingerprint density at radius 3 is 2.64 bits per heavy atom. The van der Waals surface area contributed by atoms with Gasteiger partial charge in [0.1, 0.15) is 18.7 Å². The molecule has 0 aromatic carbocycles. The number of nitriles is 1. The molecule has 1 rings (SSSR count). The van der Waals surface area contributed by atoms with E-state index in [0.717, 1.165) is 0 Å². The van der Waals surface area contributed by atoms with Crippen molar-refractivity contribution >= 4 is 31.0 Å². The second-order valence-corrected chi connectivity index (χ2v) is 2.87. The highest BCUT2D eigenvalue weighted by molar-refractivity contribution is 8.05. The minimum atomic E-state index is 0.258. The van der Waals surface area contributed by atoms with Crippen LogP contribution in [0.3, 0.4) is 0 Å². The number of aromatic nitrogens is 3. The maximum atomic E-state index is 8.57. The summed E-state index contributed by atoms with van der Waals surface area (Å²) in [6.07, 6.45) is 2.74. The standard InChI is InChI=1S/C5H4N4S2/c6-1-4(5(10)11)9-3-7-2-8-9/h2-3,10-11H. The number of thiol groups is 2. The van der Waals surface area contributed by atoms with Crippen LogP contribution in [0.5, 0.6) is 0 Å². The molecule has 0 atom stereocenters. The highest BCUT2D eigenvalue weighted by Crippen LogP contribution is 2.14. The highest BCUT2D eigenvalue weighted by atomic mass is 32.2. The number of hydrogen-bond acceptors (Lipinski definition) is 5. The normalized spacial score (nSPS) is 8.82. The zero-order valence-corrected chi connectivity index (χ0v) is 7.13. The van der Waals surface area contributed by atoms with E-state index in [-0.39, 0.29) is 5.70 Å². The molecule has 0 spiro atoms. The van der Waals surface area contributed by atoms with Crippen molar-refractivity contribution in [2.45, 2.75) is 0 Å². The number of nitrogens with zero attached hydrogens (tertiary/aromatic N) is 4. The van der Waals surface area contributed by atoms with E-state index in [0.29, 0.717) is 4.24 Å². The van der Waals surface area contributed by atoms with E-state index in [1.807, 2.05) is 6.07 Å². The molecule has 1 heterocycles. The average molecular weight is 184 g/mol. The minimum Gasteiger partial charge on any atom is -0.223 e. The maximum absolute atomic E-state index is 8.57. The smallest absolute Gasteiger partial charge is 0.163 e. The molecule has 0 radical (unpaired) electrons. The van der Waals surface area contributed by atoms with Crippen LogP contribution in [0.1, 0.15) is 0 Å². The van der Waals surface area contributed by atoms with Gasteiger partial charge < -0.3 is 0 Å². The van der Waals surface area contributed by atoms with Gasteiger partial charge in [-0.1, -0.05) is 0 Å². The van der Waals surface area contributed by atoms with Crippen molar-refractivity contribution in [2.75, 3.05) is 0 Å². The molecular formula is C5H4N4S2. The Kier molecular flexibility index (Phi) is 2.57. The molecule has 0 N–H and O–H groups in total. The Morgan fingerprint density at radius 1 is 1.55 bits per heavy atom. The fourth-order valence-electron chi connectivity index (χ4n) is 0.527. The first-order valence-corrected chi connectivity index (χ1v) is 3.52. The molecule has 6 heteroatoms. The Bertz CT molecular complexity index is 304. The molecule has 0 aliphatic rings. The van der Waals surface area contributed by atoms with Crippen molar-refractivity contribution in [2.24, 2.45) is 0 Å². The van der Waals surface area contributed by atoms with Crippen molar-refractivity contribution in [1.82, 2.24) is 14.8 Å². The van der Waals surface area contributed by atoms with Crippen molar-refractivity contribution in [3.63, 3.8) is 0 Å². The van der Waals surface area contributed by atoms with E-state index in [9.17, 15) is 0 Å². The molecule has 0 saturated carbocycles. The first-order valence-electron chi connectivity index (χ1n) is 2.63. The maximum Gasteiger partial charge on any atom is 0.163 e.